The maximum Gasteiger partial charge on any atom is 0.309 e. The summed E-state index contributed by atoms with van der Waals surface area (Å²) < 4.78 is 15.5. The van der Waals surface area contributed by atoms with Gasteiger partial charge in [0.25, 0.3) is 0 Å². The fourth-order valence-corrected chi connectivity index (χ4v) is 2.30. The second kappa shape index (κ2) is 7.26. The molecule has 1 aliphatic heterocycles. The second-order valence-corrected chi connectivity index (χ2v) is 4.79. The van der Waals surface area contributed by atoms with Gasteiger partial charge in [-0.2, -0.15) is 0 Å². The Bertz CT molecular complexity index is 455. The Morgan fingerprint density at radius 1 is 1.30 bits per heavy atom. The Kier molecular flexibility index (Phi) is 5.38. The van der Waals surface area contributed by atoms with Gasteiger partial charge in [-0.25, -0.2) is 0 Å². The second-order valence-electron chi connectivity index (χ2n) is 4.79. The first-order valence-corrected chi connectivity index (χ1v) is 6.75. The molecular formula is C15H21NO4. The highest BCUT2D eigenvalue weighted by atomic mass is 16.5. The minimum absolute atomic E-state index is 0.229. The molecule has 110 valence electrons. The first kappa shape index (κ1) is 14.8. The van der Waals surface area contributed by atoms with Gasteiger partial charge in [-0.15, -0.1) is 0 Å². The van der Waals surface area contributed by atoms with E-state index in [1.807, 2.05) is 18.2 Å². The maximum atomic E-state index is 11.4. The molecule has 1 heterocycles. The standard InChI is InChI=1S/C15H21NO4/c1-18-14-4-3-12(10-15(17)19-2)9-13(14)11-16-5-7-20-8-6-16/h3-4,9H,5-8,10-11H2,1-2H3. The highest BCUT2D eigenvalue weighted by Gasteiger charge is 2.14. The lowest BCUT2D eigenvalue weighted by atomic mass is 10.1. The summed E-state index contributed by atoms with van der Waals surface area (Å²) in [6.45, 7) is 4.19. The van der Waals surface area contributed by atoms with Crippen LogP contribution in [-0.2, 0) is 27.2 Å². The maximum absolute atomic E-state index is 11.4. The number of methoxy groups -OCH3 is 2. The summed E-state index contributed by atoms with van der Waals surface area (Å²) >= 11 is 0. The first-order valence-electron chi connectivity index (χ1n) is 6.75. The Labute approximate surface area is 119 Å². The average Bonchev–Trinajstić information content (AvgIpc) is 2.48. The van der Waals surface area contributed by atoms with E-state index in [9.17, 15) is 4.79 Å². The molecule has 20 heavy (non-hydrogen) atoms. The van der Waals surface area contributed by atoms with Crippen molar-refractivity contribution < 1.29 is 19.0 Å². The van der Waals surface area contributed by atoms with Crippen LogP contribution in [0.5, 0.6) is 5.75 Å². The van der Waals surface area contributed by atoms with E-state index < -0.39 is 0 Å². The van der Waals surface area contributed by atoms with Crippen LogP contribution in [0.2, 0.25) is 0 Å². The molecule has 0 bridgehead atoms. The number of rotatable bonds is 5. The van der Waals surface area contributed by atoms with Gasteiger partial charge in [0, 0.05) is 25.2 Å². The van der Waals surface area contributed by atoms with Gasteiger partial charge in [0.05, 0.1) is 33.9 Å². The van der Waals surface area contributed by atoms with Gasteiger partial charge in [0.1, 0.15) is 5.75 Å². The number of hydrogen-bond donors (Lipinski definition) is 0. The van der Waals surface area contributed by atoms with Gasteiger partial charge >= 0.3 is 5.97 Å². The van der Waals surface area contributed by atoms with Gasteiger partial charge in [0.2, 0.25) is 0 Å². The Morgan fingerprint density at radius 2 is 2.05 bits per heavy atom. The summed E-state index contributed by atoms with van der Waals surface area (Å²) in [5.74, 6) is 0.623. The lowest BCUT2D eigenvalue weighted by Crippen LogP contribution is -2.35. The number of benzene rings is 1. The number of morpholine rings is 1. The van der Waals surface area contributed by atoms with Crippen LogP contribution in [0, 0.1) is 0 Å². The summed E-state index contributed by atoms with van der Waals surface area (Å²) in [6, 6.07) is 5.83. The smallest absolute Gasteiger partial charge is 0.309 e. The molecule has 1 aromatic carbocycles. The first-order chi connectivity index (χ1) is 9.72. The van der Waals surface area contributed by atoms with E-state index in [1.165, 1.54) is 7.11 Å². The predicted molar refractivity (Wildman–Crippen MR) is 74.8 cm³/mol. The number of nitrogens with zero attached hydrogens (tertiary/aromatic N) is 1. The Balaban J connectivity index is 2.11. The Morgan fingerprint density at radius 3 is 2.70 bits per heavy atom. The number of carbonyl (C=O) groups is 1. The van der Waals surface area contributed by atoms with E-state index in [0.29, 0.717) is 0 Å². The van der Waals surface area contributed by atoms with Gasteiger partial charge < -0.3 is 14.2 Å². The van der Waals surface area contributed by atoms with Crippen molar-refractivity contribution in [2.45, 2.75) is 13.0 Å². The van der Waals surface area contributed by atoms with Crippen LogP contribution in [-0.4, -0.2) is 51.4 Å². The minimum Gasteiger partial charge on any atom is -0.496 e. The van der Waals surface area contributed by atoms with E-state index in [2.05, 4.69) is 4.90 Å². The van der Waals surface area contributed by atoms with Gasteiger partial charge in [-0.3, -0.25) is 9.69 Å². The molecule has 0 spiro atoms. The molecular weight excluding hydrogens is 258 g/mol. The number of ether oxygens (including phenoxy) is 3. The molecule has 0 radical (unpaired) electrons. The third kappa shape index (κ3) is 3.95. The van der Waals surface area contributed by atoms with E-state index in [-0.39, 0.29) is 12.4 Å². The van der Waals surface area contributed by atoms with Crippen molar-refractivity contribution in [3.8, 4) is 5.75 Å². The van der Waals surface area contributed by atoms with Crippen LogP contribution in [0.25, 0.3) is 0 Å². The molecule has 0 N–H and O–H groups in total. The summed E-state index contributed by atoms with van der Waals surface area (Å²) in [6.07, 6.45) is 0.288. The molecule has 0 unspecified atom stereocenters. The highest BCUT2D eigenvalue weighted by molar-refractivity contribution is 5.72. The van der Waals surface area contributed by atoms with Crippen molar-refractivity contribution in [1.29, 1.82) is 0 Å². The third-order valence-electron chi connectivity index (χ3n) is 3.42. The molecule has 5 nitrogen and oxygen atoms in total. The van der Waals surface area contributed by atoms with Gasteiger partial charge in [-0.1, -0.05) is 12.1 Å². The van der Waals surface area contributed by atoms with Crippen LogP contribution in [0.4, 0.5) is 0 Å². The lowest BCUT2D eigenvalue weighted by molar-refractivity contribution is -0.139. The van der Waals surface area contributed by atoms with Crippen molar-refractivity contribution in [2.75, 3.05) is 40.5 Å². The van der Waals surface area contributed by atoms with Crippen LogP contribution >= 0.6 is 0 Å². The van der Waals surface area contributed by atoms with E-state index in [1.54, 1.807) is 7.11 Å². The molecule has 2 rings (SSSR count). The number of carbonyl (C=O) groups excluding carboxylic acids is 1. The number of hydrogen-bond acceptors (Lipinski definition) is 5. The SMILES string of the molecule is COC(=O)Cc1ccc(OC)c(CN2CCOCC2)c1. The highest BCUT2D eigenvalue weighted by Crippen LogP contribution is 2.22. The fraction of sp³-hybridized carbons (Fsp3) is 0.533. The number of esters is 1. The fourth-order valence-electron chi connectivity index (χ4n) is 2.30. The van der Waals surface area contributed by atoms with Crippen LogP contribution in [0.15, 0.2) is 18.2 Å². The van der Waals surface area contributed by atoms with E-state index in [0.717, 1.165) is 49.7 Å². The molecule has 0 atom stereocenters. The zero-order valence-electron chi connectivity index (χ0n) is 12.1. The van der Waals surface area contributed by atoms with Gasteiger partial charge in [-0.05, 0) is 11.6 Å². The molecule has 0 aromatic heterocycles. The molecule has 0 saturated carbocycles. The van der Waals surface area contributed by atoms with Crippen LogP contribution < -0.4 is 4.74 Å². The van der Waals surface area contributed by atoms with Crippen LogP contribution in [0.3, 0.4) is 0 Å². The summed E-state index contributed by atoms with van der Waals surface area (Å²) in [5.41, 5.74) is 2.04. The van der Waals surface area contributed by atoms with Crippen molar-refractivity contribution >= 4 is 5.97 Å². The van der Waals surface area contributed by atoms with Crippen molar-refractivity contribution in [3.63, 3.8) is 0 Å². The quantitative estimate of drug-likeness (QED) is 0.759. The largest absolute Gasteiger partial charge is 0.496 e. The van der Waals surface area contributed by atoms with Gasteiger partial charge in [0.15, 0.2) is 0 Å². The minimum atomic E-state index is -0.229. The topological polar surface area (TPSA) is 48.0 Å². The third-order valence-corrected chi connectivity index (χ3v) is 3.42. The zero-order chi connectivity index (χ0) is 14.4. The molecule has 0 amide bonds. The lowest BCUT2D eigenvalue weighted by Gasteiger charge is -2.27. The summed E-state index contributed by atoms with van der Waals surface area (Å²) in [7, 11) is 3.07. The van der Waals surface area contributed by atoms with Crippen molar-refractivity contribution in [3.05, 3.63) is 29.3 Å². The summed E-state index contributed by atoms with van der Waals surface area (Å²) in [4.78, 5) is 13.7. The molecule has 1 saturated heterocycles. The van der Waals surface area contributed by atoms with E-state index in [4.69, 9.17) is 14.2 Å². The van der Waals surface area contributed by atoms with Crippen LogP contribution in [0.1, 0.15) is 11.1 Å². The average molecular weight is 279 g/mol. The van der Waals surface area contributed by atoms with E-state index >= 15 is 0 Å². The molecule has 1 fully saturated rings. The Hall–Kier alpha value is -1.59. The summed E-state index contributed by atoms with van der Waals surface area (Å²) in [5, 5.41) is 0. The zero-order valence-corrected chi connectivity index (χ0v) is 12.1. The molecule has 0 aliphatic carbocycles. The predicted octanol–water partition coefficient (Wildman–Crippen LogP) is 1.24. The normalized spacial score (nSPS) is 15.9. The van der Waals surface area contributed by atoms with Crippen molar-refractivity contribution in [1.82, 2.24) is 4.90 Å². The molecule has 5 heteroatoms. The monoisotopic (exact) mass is 279 g/mol. The molecule has 1 aliphatic rings. The van der Waals surface area contributed by atoms with Crippen molar-refractivity contribution in [2.24, 2.45) is 0 Å². The molecule has 1 aromatic rings.